The molecule has 0 heterocycles. The second-order valence-electron chi connectivity index (χ2n) is 17.8. The first-order valence-corrected chi connectivity index (χ1v) is 27.4. The van der Waals surface area contributed by atoms with E-state index in [0.29, 0.717) is 19.3 Å². The van der Waals surface area contributed by atoms with Crippen LogP contribution >= 0.6 is 0 Å². The van der Waals surface area contributed by atoms with Crippen molar-refractivity contribution in [3.8, 4) is 0 Å². The maximum atomic E-state index is 12.8. The van der Waals surface area contributed by atoms with Crippen LogP contribution < -0.4 is 0 Å². The Hall–Kier alpha value is -3.93. The van der Waals surface area contributed by atoms with Crippen molar-refractivity contribution in [3.05, 3.63) is 109 Å². The third kappa shape index (κ3) is 52.9. The Morgan fingerprint density at radius 1 is 0.328 bits per heavy atom. The maximum Gasteiger partial charge on any atom is 0.310 e. The van der Waals surface area contributed by atoms with E-state index in [1.807, 2.05) is 6.08 Å². The lowest BCUT2D eigenvalue weighted by Crippen LogP contribution is -2.30. The SMILES string of the molecule is CC/C=C\C/C=C\C/C=C\C/C=C\C/C=C\CC(=O)OC(COC(=O)CCCCCCC/C=C\C/C=C\CCCCC)COC(=O)CCCCCCCCCCC/C=C\C/C=C\CCCCC. The molecule has 0 radical (unpaired) electrons. The van der Waals surface area contributed by atoms with Gasteiger partial charge in [-0.2, -0.15) is 0 Å². The molecule has 380 valence electrons. The Morgan fingerprint density at radius 3 is 0.985 bits per heavy atom. The van der Waals surface area contributed by atoms with Gasteiger partial charge in [-0.3, -0.25) is 14.4 Å². The summed E-state index contributed by atoms with van der Waals surface area (Å²) in [5.41, 5.74) is 0. The van der Waals surface area contributed by atoms with Crippen molar-refractivity contribution in [2.75, 3.05) is 13.2 Å². The van der Waals surface area contributed by atoms with Gasteiger partial charge in [0.05, 0.1) is 6.42 Å². The molecule has 0 saturated carbocycles. The maximum absolute atomic E-state index is 12.8. The number of unbranched alkanes of at least 4 members (excludes halogenated alkanes) is 20. The summed E-state index contributed by atoms with van der Waals surface area (Å²) in [4.78, 5) is 38.0. The molecule has 0 aliphatic heterocycles. The zero-order valence-corrected chi connectivity index (χ0v) is 43.4. The summed E-state index contributed by atoms with van der Waals surface area (Å²) < 4.78 is 16.7. The predicted molar refractivity (Wildman–Crippen MR) is 288 cm³/mol. The monoisotopic (exact) mass is 929 g/mol. The molecular formula is C61H100O6. The Morgan fingerprint density at radius 2 is 0.627 bits per heavy atom. The Kier molecular flexibility index (Phi) is 51.5. The summed E-state index contributed by atoms with van der Waals surface area (Å²) in [5, 5.41) is 0. The van der Waals surface area contributed by atoms with E-state index in [-0.39, 0.29) is 31.6 Å². The number of esters is 3. The first-order valence-electron chi connectivity index (χ1n) is 27.4. The van der Waals surface area contributed by atoms with Gasteiger partial charge in [0.2, 0.25) is 0 Å². The minimum atomic E-state index is -0.842. The Balaban J connectivity index is 4.51. The van der Waals surface area contributed by atoms with Crippen LogP contribution in [-0.2, 0) is 28.6 Å². The first kappa shape index (κ1) is 63.1. The van der Waals surface area contributed by atoms with Crippen LogP contribution in [0, 0.1) is 0 Å². The van der Waals surface area contributed by atoms with Crippen LogP contribution in [0.15, 0.2) is 109 Å². The second kappa shape index (κ2) is 54.7. The van der Waals surface area contributed by atoms with E-state index in [4.69, 9.17) is 14.2 Å². The van der Waals surface area contributed by atoms with Crippen LogP contribution in [0.3, 0.4) is 0 Å². The summed E-state index contributed by atoms with van der Waals surface area (Å²) in [6.07, 6.45) is 73.8. The van der Waals surface area contributed by atoms with Crippen LogP contribution in [0.4, 0.5) is 0 Å². The minimum absolute atomic E-state index is 0.0899. The molecule has 0 aliphatic rings. The van der Waals surface area contributed by atoms with E-state index >= 15 is 0 Å². The molecule has 0 aromatic rings. The number of ether oxygens (including phenoxy) is 3. The molecule has 0 saturated heterocycles. The van der Waals surface area contributed by atoms with E-state index in [2.05, 4.69) is 118 Å². The van der Waals surface area contributed by atoms with Crippen LogP contribution in [-0.4, -0.2) is 37.2 Å². The highest BCUT2D eigenvalue weighted by atomic mass is 16.6. The second-order valence-corrected chi connectivity index (χ2v) is 17.8. The Bertz CT molecular complexity index is 1390. The lowest BCUT2D eigenvalue weighted by atomic mass is 10.1. The molecule has 0 aliphatic carbocycles. The molecule has 1 atom stereocenters. The lowest BCUT2D eigenvalue weighted by Gasteiger charge is -2.18. The standard InChI is InChI=1S/C61H100O6/c1-4-7-10-13-16-19-22-25-28-29-30-31-34-36-39-42-45-48-51-54-60(63)66-57-58(67-61(64)55-52-49-46-43-40-37-33-27-24-21-18-15-12-9-6-3)56-65-59(62)53-50-47-44-41-38-35-32-26-23-20-17-14-11-8-5-2/h9,12,16-21,25-28,32-33,40,43,49,52,58H,4-8,10-11,13-15,22-24,29-31,34-39,41-42,44-48,50-51,53-57H2,1-3H3/b12-9-,19-16-,20-17-,21-18-,28-25-,32-26-,33-27-,43-40-,52-49-. The van der Waals surface area contributed by atoms with Crippen molar-refractivity contribution in [1.82, 2.24) is 0 Å². The lowest BCUT2D eigenvalue weighted by molar-refractivity contribution is -0.166. The fraction of sp³-hybridized carbons (Fsp3) is 0.656. The highest BCUT2D eigenvalue weighted by Crippen LogP contribution is 2.14. The predicted octanol–water partition coefficient (Wildman–Crippen LogP) is 18.3. The highest BCUT2D eigenvalue weighted by Gasteiger charge is 2.19. The summed E-state index contributed by atoms with van der Waals surface area (Å²) in [7, 11) is 0. The zero-order chi connectivity index (χ0) is 48.6. The third-order valence-electron chi connectivity index (χ3n) is 11.3. The molecule has 67 heavy (non-hydrogen) atoms. The van der Waals surface area contributed by atoms with Gasteiger partial charge in [-0.25, -0.2) is 0 Å². The molecular weight excluding hydrogens is 829 g/mol. The normalized spacial score (nSPS) is 12.9. The fourth-order valence-corrected chi connectivity index (χ4v) is 7.17. The fourth-order valence-electron chi connectivity index (χ4n) is 7.17. The van der Waals surface area contributed by atoms with Crippen molar-refractivity contribution in [2.45, 2.75) is 245 Å². The quantitative estimate of drug-likeness (QED) is 0.0262. The van der Waals surface area contributed by atoms with Gasteiger partial charge in [0.25, 0.3) is 0 Å². The minimum Gasteiger partial charge on any atom is -0.462 e. The van der Waals surface area contributed by atoms with Gasteiger partial charge in [0, 0.05) is 12.8 Å². The van der Waals surface area contributed by atoms with Crippen LogP contribution in [0.1, 0.15) is 239 Å². The zero-order valence-electron chi connectivity index (χ0n) is 43.4. The van der Waals surface area contributed by atoms with Gasteiger partial charge in [-0.15, -0.1) is 0 Å². The van der Waals surface area contributed by atoms with Gasteiger partial charge in [-0.05, 0) is 109 Å². The van der Waals surface area contributed by atoms with Crippen LogP contribution in [0.25, 0.3) is 0 Å². The van der Waals surface area contributed by atoms with E-state index in [1.54, 1.807) is 6.08 Å². The molecule has 0 rings (SSSR count). The topological polar surface area (TPSA) is 78.9 Å². The molecule has 6 nitrogen and oxygen atoms in total. The summed E-state index contributed by atoms with van der Waals surface area (Å²) in [6.45, 7) is 6.37. The Labute approximate surface area is 412 Å². The van der Waals surface area contributed by atoms with E-state index < -0.39 is 12.1 Å². The van der Waals surface area contributed by atoms with Gasteiger partial charge >= 0.3 is 17.9 Å². The van der Waals surface area contributed by atoms with Crippen molar-refractivity contribution >= 4 is 17.9 Å². The average Bonchev–Trinajstić information content (AvgIpc) is 3.33. The first-order chi connectivity index (χ1) is 33.0. The average molecular weight is 929 g/mol. The molecule has 0 amide bonds. The molecule has 0 N–H and O–H groups in total. The van der Waals surface area contributed by atoms with Crippen molar-refractivity contribution in [1.29, 1.82) is 0 Å². The van der Waals surface area contributed by atoms with Crippen molar-refractivity contribution in [2.24, 2.45) is 0 Å². The highest BCUT2D eigenvalue weighted by molar-refractivity contribution is 5.72. The summed E-state index contributed by atoms with van der Waals surface area (Å²) >= 11 is 0. The number of carbonyl (C=O) groups excluding carboxylic acids is 3. The van der Waals surface area contributed by atoms with E-state index in [0.717, 1.165) is 96.3 Å². The van der Waals surface area contributed by atoms with Gasteiger partial charge < -0.3 is 14.2 Å². The molecule has 6 heteroatoms. The molecule has 0 aromatic carbocycles. The third-order valence-corrected chi connectivity index (χ3v) is 11.3. The van der Waals surface area contributed by atoms with Gasteiger partial charge in [-0.1, -0.05) is 220 Å². The largest absolute Gasteiger partial charge is 0.462 e. The molecule has 0 spiro atoms. The van der Waals surface area contributed by atoms with Crippen molar-refractivity contribution in [3.63, 3.8) is 0 Å². The van der Waals surface area contributed by atoms with Gasteiger partial charge in [0.1, 0.15) is 13.2 Å². The number of hydrogen-bond acceptors (Lipinski definition) is 6. The van der Waals surface area contributed by atoms with Crippen molar-refractivity contribution < 1.29 is 28.6 Å². The number of hydrogen-bond donors (Lipinski definition) is 0. The molecule has 0 aromatic heterocycles. The van der Waals surface area contributed by atoms with E-state index in [1.165, 1.54) is 96.3 Å². The number of carbonyl (C=O) groups is 3. The van der Waals surface area contributed by atoms with Crippen LogP contribution in [0.2, 0.25) is 0 Å². The van der Waals surface area contributed by atoms with Crippen LogP contribution in [0.5, 0.6) is 0 Å². The molecule has 0 bridgehead atoms. The molecule has 0 fully saturated rings. The molecule has 1 unspecified atom stereocenters. The summed E-state index contributed by atoms with van der Waals surface area (Å²) in [6, 6.07) is 0. The number of allylic oxidation sites excluding steroid dienone is 17. The van der Waals surface area contributed by atoms with Gasteiger partial charge in [0.15, 0.2) is 6.10 Å². The van der Waals surface area contributed by atoms with E-state index in [9.17, 15) is 14.4 Å². The number of rotatable bonds is 48. The smallest absolute Gasteiger partial charge is 0.310 e. The summed E-state index contributed by atoms with van der Waals surface area (Å²) in [5.74, 6) is -1.08.